The minimum atomic E-state index is -0.431. The van der Waals surface area contributed by atoms with Gasteiger partial charge in [0.25, 0.3) is 0 Å². The van der Waals surface area contributed by atoms with Gasteiger partial charge in [-0.1, -0.05) is 18.2 Å². The van der Waals surface area contributed by atoms with Crippen molar-refractivity contribution in [3.05, 3.63) is 53.6 Å². The highest BCUT2D eigenvalue weighted by Crippen LogP contribution is 2.27. The molecule has 0 bridgehead atoms. The zero-order valence-corrected chi connectivity index (χ0v) is 13.4. The summed E-state index contributed by atoms with van der Waals surface area (Å²) in [4.78, 5) is 18.4. The fourth-order valence-corrected chi connectivity index (χ4v) is 2.46. The molecule has 3 aromatic rings. The summed E-state index contributed by atoms with van der Waals surface area (Å²) < 4.78 is 10.6. The van der Waals surface area contributed by atoms with Gasteiger partial charge in [0.05, 0.1) is 7.11 Å². The lowest BCUT2D eigenvalue weighted by Gasteiger charge is -2.09. The number of fused-ring (bicyclic) bond motifs is 1. The third-order valence-electron chi connectivity index (χ3n) is 3.52. The first kappa shape index (κ1) is 15.2. The average molecular weight is 310 g/mol. The van der Waals surface area contributed by atoms with Gasteiger partial charge in [-0.15, -0.1) is 0 Å². The smallest absolute Gasteiger partial charge is 0.341 e. The normalized spacial score (nSPS) is 11.1. The van der Waals surface area contributed by atoms with E-state index in [9.17, 15) is 4.79 Å². The van der Waals surface area contributed by atoms with Crippen molar-refractivity contribution in [2.24, 2.45) is 0 Å². The van der Waals surface area contributed by atoms with Crippen molar-refractivity contribution < 1.29 is 13.9 Å². The van der Waals surface area contributed by atoms with Crippen LogP contribution in [0.5, 0.6) is 0 Å². The number of hydrogen-bond acceptors (Lipinski definition) is 5. The van der Waals surface area contributed by atoms with E-state index < -0.39 is 5.97 Å². The van der Waals surface area contributed by atoms with Crippen molar-refractivity contribution in [2.45, 2.75) is 6.54 Å². The number of rotatable bonds is 4. The zero-order valence-electron chi connectivity index (χ0n) is 13.4. The van der Waals surface area contributed by atoms with Gasteiger partial charge in [0.15, 0.2) is 5.58 Å². The molecule has 0 saturated heterocycles. The van der Waals surface area contributed by atoms with E-state index in [1.165, 1.54) is 12.7 Å². The van der Waals surface area contributed by atoms with Crippen LogP contribution in [0, 0.1) is 0 Å². The molecule has 0 aliphatic carbocycles. The Hall–Kier alpha value is -2.66. The number of ether oxygens (including phenoxy) is 1. The van der Waals surface area contributed by atoms with Crippen molar-refractivity contribution >= 4 is 17.1 Å². The molecule has 1 aromatic heterocycles. The summed E-state index contributed by atoms with van der Waals surface area (Å²) in [6, 6.07) is 13.3. The van der Waals surface area contributed by atoms with Gasteiger partial charge in [-0.05, 0) is 43.9 Å². The minimum Gasteiger partial charge on any atom is -0.465 e. The van der Waals surface area contributed by atoms with Crippen molar-refractivity contribution in [2.75, 3.05) is 21.2 Å². The Bertz CT molecular complexity index is 835. The number of methoxy groups -OCH3 is 1. The van der Waals surface area contributed by atoms with Gasteiger partial charge in [-0.3, -0.25) is 0 Å². The first-order chi connectivity index (χ1) is 11.1. The summed E-state index contributed by atoms with van der Waals surface area (Å²) in [5, 5.41) is 0. The van der Waals surface area contributed by atoms with Crippen LogP contribution in [0.2, 0.25) is 0 Å². The first-order valence-electron chi connectivity index (χ1n) is 7.30. The van der Waals surface area contributed by atoms with Crippen molar-refractivity contribution in [3.63, 3.8) is 0 Å². The molecule has 118 valence electrons. The fourth-order valence-electron chi connectivity index (χ4n) is 2.46. The van der Waals surface area contributed by atoms with Gasteiger partial charge >= 0.3 is 5.97 Å². The van der Waals surface area contributed by atoms with E-state index in [0.717, 1.165) is 12.1 Å². The van der Waals surface area contributed by atoms with E-state index in [2.05, 4.69) is 9.88 Å². The lowest BCUT2D eigenvalue weighted by atomic mass is 10.1. The molecule has 5 heteroatoms. The van der Waals surface area contributed by atoms with Gasteiger partial charge in [-0.2, -0.15) is 0 Å². The predicted molar refractivity (Wildman–Crippen MR) is 88.2 cm³/mol. The SMILES string of the molecule is COC(=O)c1cccc2nc(-c3ccc(CN(C)C)cc3)oc12. The van der Waals surface area contributed by atoms with Crippen LogP contribution in [0.3, 0.4) is 0 Å². The summed E-state index contributed by atoms with van der Waals surface area (Å²) in [6.07, 6.45) is 0. The molecule has 0 aliphatic rings. The van der Waals surface area contributed by atoms with Gasteiger partial charge < -0.3 is 14.1 Å². The second-order valence-electron chi connectivity index (χ2n) is 5.60. The fraction of sp³-hybridized carbons (Fsp3) is 0.222. The molecule has 0 aliphatic heterocycles. The van der Waals surface area contributed by atoms with Crippen LogP contribution in [0.15, 0.2) is 46.9 Å². The van der Waals surface area contributed by atoms with E-state index >= 15 is 0 Å². The average Bonchev–Trinajstić information content (AvgIpc) is 2.98. The molecule has 0 N–H and O–H groups in total. The van der Waals surface area contributed by atoms with E-state index in [4.69, 9.17) is 9.15 Å². The molecule has 2 aromatic carbocycles. The topological polar surface area (TPSA) is 55.6 Å². The first-order valence-corrected chi connectivity index (χ1v) is 7.30. The number of carbonyl (C=O) groups is 1. The molecule has 0 amide bonds. The molecule has 0 radical (unpaired) electrons. The van der Waals surface area contributed by atoms with Gasteiger partial charge in [0, 0.05) is 12.1 Å². The molecule has 0 fully saturated rings. The zero-order chi connectivity index (χ0) is 16.4. The van der Waals surface area contributed by atoms with Crippen LogP contribution in [0.1, 0.15) is 15.9 Å². The Labute approximate surface area is 134 Å². The van der Waals surface area contributed by atoms with Crippen LogP contribution in [-0.4, -0.2) is 37.1 Å². The molecule has 0 unspecified atom stereocenters. The van der Waals surface area contributed by atoms with Crippen LogP contribution in [0.25, 0.3) is 22.6 Å². The van der Waals surface area contributed by atoms with Crippen molar-refractivity contribution in [1.29, 1.82) is 0 Å². The maximum atomic E-state index is 11.8. The van der Waals surface area contributed by atoms with Crippen molar-refractivity contribution in [3.8, 4) is 11.5 Å². The number of aromatic nitrogens is 1. The molecule has 23 heavy (non-hydrogen) atoms. The highest BCUT2D eigenvalue weighted by Gasteiger charge is 2.16. The number of para-hydroxylation sites is 1. The molecule has 0 spiro atoms. The molecular weight excluding hydrogens is 292 g/mol. The highest BCUT2D eigenvalue weighted by molar-refractivity contribution is 6.01. The molecule has 3 rings (SSSR count). The Morgan fingerprint density at radius 1 is 1.17 bits per heavy atom. The number of esters is 1. The second kappa shape index (κ2) is 6.22. The summed E-state index contributed by atoms with van der Waals surface area (Å²) in [7, 11) is 5.41. The van der Waals surface area contributed by atoms with Crippen LogP contribution < -0.4 is 0 Å². The van der Waals surface area contributed by atoms with Gasteiger partial charge in [0.2, 0.25) is 5.89 Å². The molecular formula is C18H18N2O3. The van der Waals surface area contributed by atoms with E-state index in [-0.39, 0.29) is 0 Å². The van der Waals surface area contributed by atoms with E-state index in [1.807, 2.05) is 44.4 Å². The van der Waals surface area contributed by atoms with Crippen molar-refractivity contribution in [1.82, 2.24) is 9.88 Å². The Balaban J connectivity index is 1.99. The number of carbonyl (C=O) groups excluding carboxylic acids is 1. The third kappa shape index (κ3) is 3.10. The summed E-state index contributed by atoms with van der Waals surface area (Å²) in [6.45, 7) is 0.875. The maximum absolute atomic E-state index is 11.8. The Morgan fingerprint density at radius 2 is 1.91 bits per heavy atom. The maximum Gasteiger partial charge on any atom is 0.341 e. The lowest BCUT2D eigenvalue weighted by molar-refractivity contribution is 0.0602. The van der Waals surface area contributed by atoms with Gasteiger partial charge in [0.1, 0.15) is 11.1 Å². The summed E-state index contributed by atoms with van der Waals surface area (Å²) >= 11 is 0. The van der Waals surface area contributed by atoms with Gasteiger partial charge in [-0.25, -0.2) is 9.78 Å². The number of nitrogens with zero attached hydrogens (tertiary/aromatic N) is 2. The standard InChI is InChI=1S/C18H18N2O3/c1-20(2)11-12-7-9-13(10-8-12)17-19-15-6-4-5-14(16(15)23-17)18(21)22-3/h4-10H,11H2,1-3H3. The Kier molecular flexibility index (Phi) is 4.12. The summed E-state index contributed by atoms with van der Waals surface area (Å²) in [5.41, 5.74) is 3.56. The van der Waals surface area contributed by atoms with Crippen LogP contribution in [-0.2, 0) is 11.3 Å². The van der Waals surface area contributed by atoms with Crippen LogP contribution in [0.4, 0.5) is 0 Å². The number of oxazole rings is 1. The second-order valence-corrected chi connectivity index (χ2v) is 5.60. The lowest BCUT2D eigenvalue weighted by Crippen LogP contribution is -2.10. The molecule has 0 atom stereocenters. The highest BCUT2D eigenvalue weighted by atomic mass is 16.5. The predicted octanol–water partition coefficient (Wildman–Crippen LogP) is 3.34. The number of hydrogen-bond donors (Lipinski definition) is 0. The molecule has 0 saturated carbocycles. The third-order valence-corrected chi connectivity index (χ3v) is 3.52. The Morgan fingerprint density at radius 3 is 2.57 bits per heavy atom. The largest absolute Gasteiger partial charge is 0.465 e. The quantitative estimate of drug-likeness (QED) is 0.692. The monoisotopic (exact) mass is 310 g/mol. The molecule has 5 nitrogen and oxygen atoms in total. The minimum absolute atomic E-state index is 0.382. The summed E-state index contributed by atoms with van der Waals surface area (Å²) in [5.74, 6) is 0.0624. The van der Waals surface area contributed by atoms with E-state index in [0.29, 0.717) is 22.6 Å². The molecule has 1 heterocycles. The number of benzene rings is 2. The van der Waals surface area contributed by atoms with Crippen LogP contribution >= 0.6 is 0 Å². The van der Waals surface area contributed by atoms with E-state index in [1.54, 1.807) is 12.1 Å².